The lowest BCUT2D eigenvalue weighted by atomic mass is 10.3. The molecule has 0 aromatic carbocycles. The summed E-state index contributed by atoms with van der Waals surface area (Å²) < 4.78 is 9.81. The average Bonchev–Trinajstić information content (AvgIpc) is 2.80. The van der Waals surface area contributed by atoms with Crippen LogP contribution in [-0.4, -0.2) is 41.8 Å². The van der Waals surface area contributed by atoms with Crippen LogP contribution in [0.3, 0.4) is 0 Å². The minimum atomic E-state index is -0.425. The van der Waals surface area contributed by atoms with E-state index in [1.165, 1.54) is 6.39 Å². The minimum Gasteiger partial charge on any atom is -0.366 e. The lowest BCUT2D eigenvalue weighted by molar-refractivity contribution is -0.134. The van der Waals surface area contributed by atoms with Gasteiger partial charge < -0.3 is 19.9 Å². The van der Waals surface area contributed by atoms with E-state index in [1.54, 1.807) is 0 Å². The number of ether oxygens (including phenoxy) is 1. The summed E-state index contributed by atoms with van der Waals surface area (Å²) in [6.07, 6.45) is 0.797. The summed E-state index contributed by atoms with van der Waals surface area (Å²) in [7, 11) is 0. The highest BCUT2D eigenvalue weighted by atomic mass is 16.5. The highest BCUT2D eigenvalue weighted by molar-refractivity contribution is 5.81. The lowest BCUT2D eigenvalue weighted by Crippen LogP contribution is -2.47. The van der Waals surface area contributed by atoms with Gasteiger partial charge in [0, 0.05) is 13.1 Å². The molecular formula is C8H12N4O3. The van der Waals surface area contributed by atoms with E-state index in [-0.39, 0.29) is 12.5 Å². The Morgan fingerprint density at radius 2 is 2.67 bits per heavy atom. The van der Waals surface area contributed by atoms with Crippen LogP contribution in [0.25, 0.3) is 0 Å². The first-order valence-electron chi connectivity index (χ1n) is 4.71. The predicted molar refractivity (Wildman–Crippen MR) is 48.8 cm³/mol. The molecule has 0 saturated carbocycles. The van der Waals surface area contributed by atoms with Crippen LogP contribution in [0.1, 0.15) is 5.82 Å². The molecule has 2 heterocycles. The number of morpholine rings is 1. The van der Waals surface area contributed by atoms with Gasteiger partial charge in [0.2, 0.25) is 6.39 Å². The average molecular weight is 212 g/mol. The summed E-state index contributed by atoms with van der Waals surface area (Å²) >= 11 is 0. The van der Waals surface area contributed by atoms with E-state index in [4.69, 9.17) is 4.74 Å². The molecule has 1 unspecified atom stereocenters. The van der Waals surface area contributed by atoms with Crippen molar-refractivity contribution in [1.29, 1.82) is 0 Å². The number of amides is 1. The van der Waals surface area contributed by atoms with Gasteiger partial charge in [-0.3, -0.25) is 4.79 Å². The van der Waals surface area contributed by atoms with E-state index >= 15 is 0 Å². The maximum atomic E-state index is 11.5. The van der Waals surface area contributed by atoms with Gasteiger partial charge in [-0.15, -0.1) is 0 Å². The normalized spacial score (nSPS) is 21.2. The van der Waals surface area contributed by atoms with Crippen molar-refractivity contribution in [3.8, 4) is 0 Å². The number of rotatable bonds is 3. The standard InChI is InChI=1S/C8H12N4O3/c13-8(6-3-9-1-2-14-6)10-4-7-11-5-15-12-7/h5-6,9H,1-4H2,(H,10,13). The summed E-state index contributed by atoms with van der Waals surface area (Å²) in [5, 5.41) is 9.32. The molecule has 1 aromatic rings. The molecule has 1 saturated heterocycles. The summed E-state index contributed by atoms with van der Waals surface area (Å²) in [4.78, 5) is 15.3. The molecule has 15 heavy (non-hydrogen) atoms. The predicted octanol–water partition coefficient (Wildman–Crippen LogP) is -1.33. The second-order valence-corrected chi connectivity index (χ2v) is 3.13. The Kier molecular flexibility index (Phi) is 3.25. The van der Waals surface area contributed by atoms with Crippen molar-refractivity contribution in [2.45, 2.75) is 12.6 Å². The number of aromatic nitrogens is 2. The molecule has 1 atom stereocenters. The molecule has 1 fully saturated rings. The van der Waals surface area contributed by atoms with E-state index < -0.39 is 6.10 Å². The summed E-state index contributed by atoms with van der Waals surface area (Å²) in [5.41, 5.74) is 0. The molecule has 7 heteroatoms. The fourth-order valence-corrected chi connectivity index (χ4v) is 1.28. The van der Waals surface area contributed by atoms with Gasteiger partial charge in [0.15, 0.2) is 5.82 Å². The zero-order chi connectivity index (χ0) is 10.5. The van der Waals surface area contributed by atoms with Gasteiger partial charge in [-0.25, -0.2) is 0 Å². The molecule has 1 amide bonds. The molecule has 1 aliphatic heterocycles. The van der Waals surface area contributed by atoms with E-state index in [0.29, 0.717) is 19.0 Å². The topological polar surface area (TPSA) is 89.3 Å². The Bertz CT molecular complexity index is 308. The monoisotopic (exact) mass is 212 g/mol. The van der Waals surface area contributed by atoms with Crippen LogP contribution in [0.15, 0.2) is 10.9 Å². The first-order chi connectivity index (χ1) is 7.36. The van der Waals surface area contributed by atoms with Crippen LogP contribution in [-0.2, 0) is 16.1 Å². The molecule has 2 N–H and O–H groups in total. The second kappa shape index (κ2) is 4.85. The van der Waals surface area contributed by atoms with E-state index in [2.05, 4.69) is 25.3 Å². The number of hydrogen-bond donors (Lipinski definition) is 2. The third kappa shape index (κ3) is 2.74. The molecule has 0 bridgehead atoms. The van der Waals surface area contributed by atoms with Crippen LogP contribution in [0.4, 0.5) is 0 Å². The summed E-state index contributed by atoms with van der Waals surface area (Å²) in [6, 6.07) is 0. The van der Waals surface area contributed by atoms with Crippen molar-refractivity contribution in [2.75, 3.05) is 19.7 Å². The van der Waals surface area contributed by atoms with E-state index in [1.807, 2.05) is 0 Å². The lowest BCUT2D eigenvalue weighted by Gasteiger charge is -2.22. The molecule has 0 spiro atoms. The van der Waals surface area contributed by atoms with Gasteiger partial charge >= 0.3 is 0 Å². The highest BCUT2D eigenvalue weighted by Crippen LogP contribution is 1.96. The number of carbonyl (C=O) groups is 1. The van der Waals surface area contributed by atoms with Crippen molar-refractivity contribution in [3.05, 3.63) is 12.2 Å². The molecule has 82 valence electrons. The zero-order valence-electron chi connectivity index (χ0n) is 8.10. The third-order valence-electron chi connectivity index (χ3n) is 2.05. The maximum absolute atomic E-state index is 11.5. The molecular weight excluding hydrogens is 200 g/mol. The Balaban J connectivity index is 1.76. The molecule has 0 radical (unpaired) electrons. The Labute approximate surface area is 86.2 Å². The van der Waals surface area contributed by atoms with Gasteiger partial charge in [0.05, 0.1) is 13.2 Å². The van der Waals surface area contributed by atoms with Gasteiger partial charge in [-0.05, 0) is 0 Å². The summed E-state index contributed by atoms with van der Waals surface area (Å²) in [6.45, 7) is 2.14. The van der Waals surface area contributed by atoms with Crippen molar-refractivity contribution in [2.24, 2.45) is 0 Å². The molecule has 7 nitrogen and oxygen atoms in total. The Hall–Kier alpha value is -1.47. The van der Waals surface area contributed by atoms with E-state index in [0.717, 1.165) is 6.54 Å². The van der Waals surface area contributed by atoms with Gasteiger partial charge in [-0.1, -0.05) is 5.16 Å². The molecule has 1 aliphatic rings. The second-order valence-electron chi connectivity index (χ2n) is 3.13. The van der Waals surface area contributed by atoms with Crippen molar-refractivity contribution >= 4 is 5.91 Å². The van der Waals surface area contributed by atoms with Crippen LogP contribution < -0.4 is 10.6 Å². The maximum Gasteiger partial charge on any atom is 0.250 e. The fourth-order valence-electron chi connectivity index (χ4n) is 1.28. The smallest absolute Gasteiger partial charge is 0.250 e. The molecule has 2 rings (SSSR count). The Morgan fingerprint density at radius 3 is 3.33 bits per heavy atom. The quantitative estimate of drug-likeness (QED) is 0.645. The minimum absolute atomic E-state index is 0.160. The van der Waals surface area contributed by atoms with Crippen molar-refractivity contribution < 1.29 is 14.1 Å². The van der Waals surface area contributed by atoms with Crippen LogP contribution in [0.2, 0.25) is 0 Å². The van der Waals surface area contributed by atoms with Crippen molar-refractivity contribution in [1.82, 2.24) is 20.8 Å². The largest absolute Gasteiger partial charge is 0.366 e. The number of nitrogens with one attached hydrogen (secondary N) is 2. The molecule has 0 aliphatic carbocycles. The Morgan fingerprint density at radius 1 is 1.73 bits per heavy atom. The zero-order valence-corrected chi connectivity index (χ0v) is 8.10. The van der Waals surface area contributed by atoms with Gasteiger partial charge in [-0.2, -0.15) is 4.98 Å². The highest BCUT2D eigenvalue weighted by Gasteiger charge is 2.21. The molecule has 1 aromatic heterocycles. The van der Waals surface area contributed by atoms with E-state index in [9.17, 15) is 4.79 Å². The first kappa shape index (κ1) is 10.1. The number of carbonyl (C=O) groups excluding carboxylic acids is 1. The first-order valence-corrected chi connectivity index (χ1v) is 4.71. The van der Waals surface area contributed by atoms with Crippen LogP contribution >= 0.6 is 0 Å². The van der Waals surface area contributed by atoms with Crippen LogP contribution in [0.5, 0.6) is 0 Å². The van der Waals surface area contributed by atoms with Gasteiger partial charge in [0.1, 0.15) is 6.10 Å². The number of hydrogen-bond acceptors (Lipinski definition) is 6. The van der Waals surface area contributed by atoms with Gasteiger partial charge in [0.25, 0.3) is 5.91 Å². The fraction of sp³-hybridized carbons (Fsp3) is 0.625. The van der Waals surface area contributed by atoms with Crippen LogP contribution in [0, 0.1) is 0 Å². The van der Waals surface area contributed by atoms with Crippen molar-refractivity contribution in [3.63, 3.8) is 0 Å². The number of nitrogens with zero attached hydrogens (tertiary/aromatic N) is 2. The SMILES string of the molecule is O=C(NCc1ncon1)C1CNCCO1. The third-order valence-corrected chi connectivity index (χ3v) is 2.05. The summed E-state index contributed by atoms with van der Waals surface area (Å²) in [5.74, 6) is 0.291.